The monoisotopic (exact) mass is 262 g/mol. The summed E-state index contributed by atoms with van der Waals surface area (Å²) < 4.78 is 1.28. The summed E-state index contributed by atoms with van der Waals surface area (Å²) in [5.41, 5.74) is 2.38. The van der Waals surface area contributed by atoms with Gasteiger partial charge in [0, 0.05) is 18.3 Å². The van der Waals surface area contributed by atoms with E-state index in [1.54, 1.807) is 11.3 Å². The van der Waals surface area contributed by atoms with Crippen LogP contribution in [0, 0.1) is 5.92 Å². The van der Waals surface area contributed by atoms with Crippen molar-refractivity contribution in [1.29, 1.82) is 0 Å². The Balaban J connectivity index is 2.10. The largest absolute Gasteiger partial charge is 0.307 e. The number of hydrogen-bond donors (Lipinski definition) is 1. The first kappa shape index (κ1) is 13.5. The number of aromatic nitrogens is 1. The van der Waals surface area contributed by atoms with Gasteiger partial charge >= 0.3 is 0 Å². The van der Waals surface area contributed by atoms with E-state index in [1.807, 2.05) is 6.20 Å². The minimum absolute atomic E-state index is 0.355. The maximum Gasteiger partial charge on any atom is 0.0809 e. The molecule has 2 nitrogen and oxygen atoms in total. The molecule has 0 amide bonds. The van der Waals surface area contributed by atoms with E-state index in [-0.39, 0.29) is 0 Å². The average Bonchev–Trinajstić information content (AvgIpc) is 2.84. The van der Waals surface area contributed by atoms with Crippen LogP contribution in [0.25, 0.3) is 10.2 Å². The number of hydrogen-bond acceptors (Lipinski definition) is 3. The highest BCUT2D eigenvalue weighted by Crippen LogP contribution is 2.23. The van der Waals surface area contributed by atoms with Gasteiger partial charge < -0.3 is 5.32 Å². The highest BCUT2D eigenvalue weighted by molar-refractivity contribution is 7.17. The molecule has 3 atom stereocenters. The summed E-state index contributed by atoms with van der Waals surface area (Å²) in [6, 6.07) is 5.22. The summed E-state index contributed by atoms with van der Waals surface area (Å²) in [7, 11) is 0. The van der Waals surface area contributed by atoms with Crippen molar-refractivity contribution in [2.75, 3.05) is 0 Å². The van der Waals surface area contributed by atoms with E-state index in [1.165, 1.54) is 16.7 Å². The van der Waals surface area contributed by atoms with E-state index in [0.717, 1.165) is 5.52 Å². The van der Waals surface area contributed by atoms with Gasteiger partial charge in [-0.3, -0.25) is 4.98 Å². The molecule has 0 aliphatic carbocycles. The summed E-state index contributed by atoms with van der Waals surface area (Å²) in [5, 5.41) is 5.77. The first-order chi connectivity index (χ1) is 8.61. The second-order valence-electron chi connectivity index (χ2n) is 5.14. The van der Waals surface area contributed by atoms with Crippen LogP contribution < -0.4 is 5.32 Å². The predicted octanol–water partition coefficient (Wildman–Crippen LogP) is 4.38. The lowest BCUT2D eigenvalue weighted by Crippen LogP contribution is -2.33. The van der Waals surface area contributed by atoms with E-state index >= 15 is 0 Å². The average molecular weight is 262 g/mol. The van der Waals surface area contributed by atoms with Crippen LogP contribution in [-0.4, -0.2) is 11.0 Å². The molecule has 0 aliphatic rings. The molecular weight excluding hydrogens is 240 g/mol. The van der Waals surface area contributed by atoms with Crippen LogP contribution in [0.5, 0.6) is 0 Å². The third-order valence-corrected chi connectivity index (χ3v) is 4.69. The minimum Gasteiger partial charge on any atom is -0.307 e. The molecule has 0 fully saturated rings. The van der Waals surface area contributed by atoms with Crippen molar-refractivity contribution in [3.05, 3.63) is 29.3 Å². The number of pyridine rings is 1. The van der Waals surface area contributed by atoms with Gasteiger partial charge in [0.15, 0.2) is 0 Å². The van der Waals surface area contributed by atoms with Gasteiger partial charge in [-0.15, -0.1) is 11.3 Å². The van der Waals surface area contributed by atoms with E-state index in [4.69, 9.17) is 0 Å². The van der Waals surface area contributed by atoms with Gasteiger partial charge in [0.2, 0.25) is 0 Å². The zero-order valence-electron chi connectivity index (χ0n) is 11.6. The Hall–Kier alpha value is -0.930. The zero-order chi connectivity index (χ0) is 13.1. The second kappa shape index (κ2) is 5.81. The van der Waals surface area contributed by atoms with Crippen molar-refractivity contribution in [1.82, 2.24) is 10.3 Å². The van der Waals surface area contributed by atoms with E-state index < -0.39 is 0 Å². The Bertz CT molecular complexity index is 506. The SMILES string of the molecule is CCC(C)C(C)NC(C)c1cnc2ccsc2c1. The van der Waals surface area contributed by atoms with Crippen molar-refractivity contribution in [2.45, 2.75) is 46.2 Å². The van der Waals surface area contributed by atoms with Crippen LogP contribution in [0.3, 0.4) is 0 Å². The highest BCUT2D eigenvalue weighted by Gasteiger charge is 2.14. The molecule has 1 N–H and O–H groups in total. The molecule has 3 unspecified atom stereocenters. The van der Waals surface area contributed by atoms with Crippen molar-refractivity contribution in [3.63, 3.8) is 0 Å². The third kappa shape index (κ3) is 2.90. The first-order valence-corrected chi connectivity index (χ1v) is 7.59. The molecule has 0 saturated carbocycles. The Kier molecular flexibility index (Phi) is 4.36. The lowest BCUT2D eigenvalue weighted by atomic mass is 9.99. The summed E-state index contributed by atoms with van der Waals surface area (Å²) in [4.78, 5) is 4.50. The van der Waals surface area contributed by atoms with Crippen LogP contribution in [0.1, 0.15) is 45.7 Å². The predicted molar refractivity (Wildman–Crippen MR) is 80.1 cm³/mol. The van der Waals surface area contributed by atoms with Gasteiger partial charge in [0.25, 0.3) is 0 Å². The number of nitrogens with one attached hydrogen (secondary N) is 1. The number of fused-ring (bicyclic) bond motifs is 1. The van der Waals surface area contributed by atoms with E-state index in [9.17, 15) is 0 Å². The van der Waals surface area contributed by atoms with Gasteiger partial charge in [0.1, 0.15) is 0 Å². The molecule has 0 bridgehead atoms. The highest BCUT2D eigenvalue weighted by atomic mass is 32.1. The molecule has 2 heterocycles. The standard InChI is InChI=1S/C15H22N2S/c1-5-10(2)11(3)17-12(4)13-8-15-14(16-9-13)6-7-18-15/h6-12,17H,5H2,1-4H3. The van der Waals surface area contributed by atoms with Crippen molar-refractivity contribution < 1.29 is 0 Å². The Morgan fingerprint density at radius 3 is 2.83 bits per heavy atom. The molecule has 18 heavy (non-hydrogen) atoms. The summed E-state index contributed by atoms with van der Waals surface area (Å²) in [5.74, 6) is 0.700. The minimum atomic E-state index is 0.355. The molecule has 0 aliphatic heterocycles. The molecule has 0 radical (unpaired) electrons. The summed E-state index contributed by atoms with van der Waals surface area (Å²) in [6.45, 7) is 9.02. The molecule has 2 aromatic rings. The van der Waals surface area contributed by atoms with Gasteiger partial charge in [-0.2, -0.15) is 0 Å². The van der Waals surface area contributed by atoms with Gasteiger partial charge in [-0.05, 0) is 42.8 Å². The number of nitrogens with zero attached hydrogens (tertiary/aromatic N) is 1. The molecule has 2 aromatic heterocycles. The van der Waals surface area contributed by atoms with Crippen LogP contribution in [0.15, 0.2) is 23.7 Å². The molecule has 0 spiro atoms. The molecule has 0 aromatic carbocycles. The first-order valence-electron chi connectivity index (χ1n) is 6.71. The molecule has 3 heteroatoms. The van der Waals surface area contributed by atoms with Crippen LogP contribution >= 0.6 is 11.3 Å². The third-order valence-electron chi connectivity index (χ3n) is 3.83. The van der Waals surface area contributed by atoms with E-state index in [0.29, 0.717) is 18.0 Å². The quantitative estimate of drug-likeness (QED) is 0.865. The van der Waals surface area contributed by atoms with Crippen LogP contribution in [0.4, 0.5) is 0 Å². The molecule has 2 rings (SSSR count). The molecule has 98 valence electrons. The topological polar surface area (TPSA) is 24.9 Å². The molecule has 0 saturated heterocycles. The van der Waals surface area contributed by atoms with Crippen molar-refractivity contribution >= 4 is 21.6 Å². The van der Waals surface area contributed by atoms with Crippen molar-refractivity contribution in [3.8, 4) is 0 Å². The van der Waals surface area contributed by atoms with E-state index in [2.05, 4.69) is 55.5 Å². The Labute approximate surface area is 113 Å². The van der Waals surface area contributed by atoms with Gasteiger partial charge in [-0.25, -0.2) is 0 Å². The fourth-order valence-electron chi connectivity index (χ4n) is 2.11. The Morgan fingerprint density at radius 1 is 1.33 bits per heavy atom. The smallest absolute Gasteiger partial charge is 0.0809 e. The summed E-state index contributed by atoms with van der Waals surface area (Å²) in [6.07, 6.45) is 3.21. The maximum atomic E-state index is 4.50. The number of rotatable bonds is 5. The fourth-order valence-corrected chi connectivity index (χ4v) is 2.90. The van der Waals surface area contributed by atoms with Crippen LogP contribution in [-0.2, 0) is 0 Å². The number of thiophene rings is 1. The maximum absolute atomic E-state index is 4.50. The Morgan fingerprint density at radius 2 is 2.11 bits per heavy atom. The van der Waals surface area contributed by atoms with Gasteiger partial charge in [-0.1, -0.05) is 20.3 Å². The lowest BCUT2D eigenvalue weighted by molar-refractivity contribution is 0.360. The molecular formula is C15H22N2S. The second-order valence-corrected chi connectivity index (χ2v) is 6.08. The zero-order valence-corrected chi connectivity index (χ0v) is 12.4. The van der Waals surface area contributed by atoms with Gasteiger partial charge in [0.05, 0.1) is 10.2 Å². The lowest BCUT2D eigenvalue weighted by Gasteiger charge is -2.24. The van der Waals surface area contributed by atoms with Crippen molar-refractivity contribution in [2.24, 2.45) is 5.92 Å². The fraction of sp³-hybridized carbons (Fsp3) is 0.533. The summed E-state index contributed by atoms with van der Waals surface area (Å²) >= 11 is 1.76. The van der Waals surface area contributed by atoms with Crippen LogP contribution in [0.2, 0.25) is 0 Å². The normalized spacial score (nSPS) is 16.7.